The zero-order valence-electron chi connectivity index (χ0n) is 11.1. The van der Waals surface area contributed by atoms with Gasteiger partial charge in [0.1, 0.15) is 11.1 Å². The number of nitrogens with zero attached hydrogens (tertiary/aromatic N) is 3. The van der Waals surface area contributed by atoms with Crippen LogP contribution in [0.25, 0.3) is 10.6 Å². The Bertz CT molecular complexity index is 762. The molecule has 0 radical (unpaired) electrons. The van der Waals surface area contributed by atoms with Crippen LogP contribution in [0.5, 0.6) is 0 Å². The summed E-state index contributed by atoms with van der Waals surface area (Å²) < 4.78 is 0. The first-order valence-corrected chi connectivity index (χ1v) is 8.20. The average Bonchev–Trinajstić information content (AvgIpc) is 3.08. The number of nitriles is 1. The Morgan fingerprint density at radius 2 is 2.00 bits per heavy atom. The summed E-state index contributed by atoms with van der Waals surface area (Å²) in [6.45, 7) is 0. The highest BCUT2D eigenvalue weighted by Gasteiger charge is 2.08. The molecule has 0 aromatic carbocycles. The van der Waals surface area contributed by atoms with Gasteiger partial charge in [-0.15, -0.1) is 23.1 Å². The van der Waals surface area contributed by atoms with Crippen LogP contribution < -0.4 is 0 Å². The molecular formula is C16H11N3S2. The van der Waals surface area contributed by atoms with Crippen molar-refractivity contribution in [3.05, 3.63) is 65.3 Å². The average molecular weight is 309 g/mol. The quantitative estimate of drug-likeness (QED) is 0.671. The lowest BCUT2D eigenvalue weighted by Crippen LogP contribution is -1.90. The van der Waals surface area contributed by atoms with Crippen LogP contribution in [0.2, 0.25) is 0 Å². The minimum atomic E-state index is 0.620. The second-order valence-corrected chi connectivity index (χ2v) is 6.19. The molecule has 3 aromatic heterocycles. The highest BCUT2D eigenvalue weighted by atomic mass is 32.2. The van der Waals surface area contributed by atoms with E-state index in [0.717, 1.165) is 21.3 Å². The van der Waals surface area contributed by atoms with E-state index in [4.69, 9.17) is 0 Å². The maximum atomic E-state index is 9.23. The molecule has 0 bridgehead atoms. The van der Waals surface area contributed by atoms with E-state index in [1.807, 2.05) is 41.8 Å². The molecule has 3 rings (SSSR count). The summed E-state index contributed by atoms with van der Waals surface area (Å²) in [5, 5.41) is 12.0. The van der Waals surface area contributed by atoms with Gasteiger partial charge in [-0.3, -0.25) is 4.98 Å². The molecule has 0 amide bonds. The summed E-state index contributed by atoms with van der Waals surface area (Å²) in [7, 11) is 0. The van der Waals surface area contributed by atoms with Crippen LogP contribution in [0, 0.1) is 11.3 Å². The highest BCUT2D eigenvalue weighted by Crippen LogP contribution is 2.29. The van der Waals surface area contributed by atoms with E-state index in [2.05, 4.69) is 16.0 Å². The Morgan fingerprint density at radius 1 is 1.14 bits per heavy atom. The Labute approximate surface area is 131 Å². The first-order valence-electron chi connectivity index (χ1n) is 6.33. The number of thiophene rings is 1. The van der Waals surface area contributed by atoms with Gasteiger partial charge in [0.05, 0.1) is 16.1 Å². The van der Waals surface area contributed by atoms with Crippen LogP contribution in [-0.2, 0) is 5.75 Å². The summed E-state index contributed by atoms with van der Waals surface area (Å²) in [5.41, 5.74) is 2.71. The molecule has 0 fully saturated rings. The Morgan fingerprint density at radius 3 is 2.71 bits per heavy atom. The second-order valence-electron chi connectivity index (χ2n) is 4.28. The van der Waals surface area contributed by atoms with Crippen molar-refractivity contribution in [3.63, 3.8) is 0 Å². The van der Waals surface area contributed by atoms with Gasteiger partial charge in [0.15, 0.2) is 0 Å². The van der Waals surface area contributed by atoms with Gasteiger partial charge in [-0.05, 0) is 41.3 Å². The summed E-state index contributed by atoms with van der Waals surface area (Å²) in [6.07, 6.45) is 3.55. The normalized spacial score (nSPS) is 10.2. The molecule has 0 spiro atoms. The number of hydrogen-bond acceptors (Lipinski definition) is 5. The lowest BCUT2D eigenvalue weighted by molar-refractivity contribution is 1.12. The minimum Gasteiger partial charge on any atom is -0.265 e. The van der Waals surface area contributed by atoms with Gasteiger partial charge in [0.25, 0.3) is 0 Å². The van der Waals surface area contributed by atoms with E-state index in [1.54, 1.807) is 35.5 Å². The molecule has 0 aliphatic heterocycles. The third kappa shape index (κ3) is 3.30. The Kier molecular flexibility index (Phi) is 4.29. The standard InChI is InChI=1S/C16H11N3S2/c17-10-13-3-4-14(15-2-1-9-20-15)19-16(13)21-11-12-5-7-18-8-6-12/h1-9H,11H2. The van der Waals surface area contributed by atoms with Crippen molar-refractivity contribution >= 4 is 23.1 Å². The molecular weight excluding hydrogens is 298 g/mol. The van der Waals surface area contributed by atoms with Crippen LogP contribution in [0.3, 0.4) is 0 Å². The Hall–Kier alpha value is -2.16. The Balaban J connectivity index is 1.86. The van der Waals surface area contributed by atoms with Crippen molar-refractivity contribution in [2.45, 2.75) is 10.8 Å². The van der Waals surface area contributed by atoms with Crippen LogP contribution in [0.15, 0.2) is 59.2 Å². The van der Waals surface area contributed by atoms with Gasteiger partial charge < -0.3 is 0 Å². The molecule has 3 aromatic rings. The van der Waals surface area contributed by atoms with Crippen LogP contribution in [0.1, 0.15) is 11.1 Å². The number of thioether (sulfide) groups is 1. The lowest BCUT2D eigenvalue weighted by Gasteiger charge is -2.05. The number of rotatable bonds is 4. The zero-order chi connectivity index (χ0) is 14.5. The molecule has 3 heterocycles. The topological polar surface area (TPSA) is 49.6 Å². The fourth-order valence-electron chi connectivity index (χ4n) is 1.83. The molecule has 0 N–H and O–H groups in total. The fourth-order valence-corrected chi connectivity index (χ4v) is 3.45. The molecule has 0 unspecified atom stereocenters. The monoisotopic (exact) mass is 309 g/mol. The van der Waals surface area contributed by atoms with Crippen LogP contribution in [0.4, 0.5) is 0 Å². The van der Waals surface area contributed by atoms with Gasteiger partial charge in [0, 0.05) is 18.1 Å². The maximum absolute atomic E-state index is 9.23. The van der Waals surface area contributed by atoms with E-state index < -0.39 is 0 Å². The van der Waals surface area contributed by atoms with E-state index in [-0.39, 0.29) is 0 Å². The van der Waals surface area contributed by atoms with Gasteiger partial charge in [0.2, 0.25) is 0 Å². The SMILES string of the molecule is N#Cc1ccc(-c2cccs2)nc1SCc1ccncc1. The van der Waals surface area contributed by atoms with E-state index in [0.29, 0.717) is 5.56 Å². The van der Waals surface area contributed by atoms with Crippen molar-refractivity contribution in [2.24, 2.45) is 0 Å². The van der Waals surface area contributed by atoms with Gasteiger partial charge in [-0.1, -0.05) is 6.07 Å². The summed E-state index contributed by atoms with van der Waals surface area (Å²) in [5.74, 6) is 0.776. The molecule has 0 aliphatic rings. The molecule has 5 heteroatoms. The zero-order valence-corrected chi connectivity index (χ0v) is 12.7. The second kappa shape index (κ2) is 6.53. The first-order chi connectivity index (χ1) is 10.4. The molecule has 3 nitrogen and oxygen atoms in total. The number of pyridine rings is 2. The molecule has 0 saturated carbocycles. The third-order valence-electron chi connectivity index (χ3n) is 2.88. The molecule has 0 aliphatic carbocycles. The fraction of sp³-hybridized carbons (Fsp3) is 0.0625. The predicted molar refractivity (Wildman–Crippen MR) is 86.1 cm³/mol. The summed E-state index contributed by atoms with van der Waals surface area (Å²) in [4.78, 5) is 9.76. The number of aromatic nitrogens is 2. The first kappa shape index (κ1) is 13.8. The highest BCUT2D eigenvalue weighted by molar-refractivity contribution is 7.98. The largest absolute Gasteiger partial charge is 0.265 e. The summed E-state index contributed by atoms with van der Waals surface area (Å²) in [6, 6.07) is 14.0. The number of hydrogen-bond donors (Lipinski definition) is 0. The smallest absolute Gasteiger partial charge is 0.115 e. The van der Waals surface area contributed by atoms with E-state index >= 15 is 0 Å². The van der Waals surface area contributed by atoms with Crippen molar-refractivity contribution in [1.29, 1.82) is 5.26 Å². The molecule has 0 atom stereocenters. The van der Waals surface area contributed by atoms with E-state index in [1.165, 1.54) is 5.56 Å². The van der Waals surface area contributed by atoms with Crippen molar-refractivity contribution in [1.82, 2.24) is 9.97 Å². The van der Waals surface area contributed by atoms with E-state index in [9.17, 15) is 5.26 Å². The molecule has 0 saturated heterocycles. The summed E-state index contributed by atoms with van der Waals surface area (Å²) >= 11 is 3.23. The lowest BCUT2D eigenvalue weighted by atomic mass is 10.2. The van der Waals surface area contributed by atoms with Gasteiger partial charge >= 0.3 is 0 Å². The minimum absolute atomic E-state index is 0.620. The van der Waals surface area contributed by atoms with Crippen LogP contribution in [-0.4, -0.2) is 9.97 Å². The van der Waals surface area contributed by atoms with Crippen molar-refractivity contribution in [2.75, 3.05) is 0 Å². The molecule has 21 heavy (non-hydrogen) atoms. The van der Waals surface area contributed by atoms with Crippen LogP contribution >= 0.6 is 23.1 Å². The third-order valence-corrected chi connectivity index (χ3v) is 4.83. The maximum Gasteiger partial charge on any atom is 0.115 e. The molecule has 102 valence electrons. The van der Waals surface area contributed by atoms with Crippen molar-refractivity contribution in [3.8, 4) is 16.6 Å². The van der Waals surface area contributed by atoms with Crippen molar-refractivity contribution < 1.29 is 0 Å². The predicted octanol–water partition coefficient (Wildman–Crippen LogP) is 4.37. The van der Waals surface area contributed by atoms with Gasteiger partial charge in [-0.2, -0.15) is 5.26 Å². The van der Waals surface area contributed by atoms with Gasteiger partial charge in [-0.25, -0.2) is 4.98 Å².